The molecule has 1 N–H and O–H groups in total. The van der Waals surface area contributed by atoms with Crippen molar-refractivity contribution in [1.29, 1.82) is 0 Å². The van der Waals surface area contributed by atoms with Crippen molar-refractivity contribution in [2.75, 3.05) is 13.2 Å². The number of benzene rings is 2. The maximum Gasteiger partial charge on any atom is 0.258 e. The lowest BCUT2D eigenvalue weighted by Gasteiger charge is -2.16. The predicted octanol–water partition coefficient (Wildman–Crippen LogP) is 4.84. The largest absolute Gasteiger partial charge is 0.491 e. The van der Waals surface area contributed by atoms with Gasteiger partial charge >= 0.3 is 0 Å². The van der Waals surface area contributed by atoms with E-state index in [0.717, 1.165) is 10.2 Å². The second-order valence-electron chi connectivity index (χ2n) is 6.73. The smallest absolute Gasteiger partial charge is 0.258 e. The maximum atomic E-state index is 12.1. The van der Waals surface area contributed by atoms with Crippen LogP contribution in [0, 0.1) is 6.92 Å². The predicted molar refractivity (Wildman–Crippen MR) is 108 cm³/mol. The lowest BCUT2D eigenvalue weighted by Crippen LogP contribution is -2.39. The third-order valence-electron chi connectivity index (χ3n) is 3.91. The van der Waals surface area contributed by atoms with E-state index in [1.54, 1.807) is 0 Å². The van der Waals surface area contributed by atoms with Gasteiger partial charge in [-0.1, -0.05) is 37.6 Å². The van der Waals surface area contributed by atoms with Gasteiger partial charge in [0.05, 0.1) is 10.5 Å². The SMILES string of the molecule is Cc1ccc(OCC(C)NC(=O)COc2ccc(C(C)C)cc2Br)cc1. The van der Waals surface area contributed by atoms with Crippen molar-refractivity contribution in [3.63, 3.8) is 0 Å². The summed E-state index contributed by atoms with van der Waals surface area (Å²) < 4.78 is 12.1. The molecule has 0 bridgehead atoms. The summed E-state index contributed by atoms with van der Waals surface area (Å²) in [7, 11) is 0. The summed E-state index contributed by atoms with van der Waals surface area (Å²) in [6.07, 6.45) is 0. The van der Waals surface area contributed by atoms with Crippen LogP contribution in [0.1, 0.15) is 37.8 Å². The lowest BCUT2D eigenvalue weighted by atomic mass is 10.0. The Morgan fingerprint density at radius 3 is 2.38 bits per heavy atom. The summed E-state index contributed by atoms with van der Waals surface area (Å²) in [6, 6.07) is 13.6. The molecule has 140 valence electrons. The fourth-order valence-electron chi connectivity index (χ4n) is 2.35. The minimum atomic E-state index is -0.176. The molecule has 2 rings (SSSR count). The molecule has 26 heavy (non-hydrogen) atoms. The Kier molecular flexibility index (Phi) is 7.51. The quantitative estimate of drug-likeness (QED) is 0.665. The van der Waals surface area contributed by atoms with Crippen LogP contribution in [0.25, 0.3) is 0 Å². The molecule has 1 atom stereocenters. The van der Waals surface area contributed by atoms with Gasteiger partial charge in [-0.2, -0.15) is 0 Å². The lowest BCUT2D eigenvalue weighted by molar-refractivity contribution is -0.123. The molecule has 0 heterocycles. The van der Waals surface area contributed by atoms with Gasteiger partial charge < -0.3 is 14.8 Å². The van der Waals surface area contributed by atoms with Gasteiger partial charge in [0.15, 0.2) is 6.61 Å². The first-order valence-electron chi connectivity index (χ1n) is 8.76. The molecule has 0 saturated carbocycles. The van der Waals surface area contributed by atoms with Crippen LogP contribution >= 0.6 is 15.9 Å². The number of hydrogen-bond donors (Lipinski definition) is 1. The van der Waals surface area contributed by atoms with Crippen LogP contribution in [0.15, 0.2) is 46.9 Å². The number of rotatable bonds is 8. The summed E-state index contributed by atoms with van der Waals surface area (Å²) in [5.41, 5.74) is 2.40. The second-order valence-corrected chi connectivity index (χ2v) is 7.58. The average molecular weight is 420 g/mol. The zero-order chi connectivity index (χ0) is 19.1. The van der Waals surface area contributed by atoms with Crippen LogP contribution in [0.5, 0.6) is 11.5 Å². The van der Waals surface area contributed by atoms with E-state index < -0.39 is 0 Å². The highest BCUT2D eigenvalue weighted by atomic mass is 79.9. The Bertz CT molecular complexity index is 729. The van der Waals surface area contributed by atoms with Crippen LogP contribution in [0.2, 0.25) is 0 Å². The number of ether oxygens (including phenoxy) is 2. The summed E-state index contributed by atoms with van der Waals surface area (Å²) in [5.74, 6) is 1.72. The Balaban J connectivity index is 1.76. The third kappa shape index (κ3) is 6.37. The van der Waals surface area contributed by atoms with Gasteiger partial charge in [0.25, 0.3) is 5.91 Å². The highest BCUT2D eigenvalue weighted by molar-refractivity contribution is 9.10. The fraction of sp³-hybridized carbons (Fsp3) is 0.381. The Hall–Kier alpha value is -2.01. The molecular formula is C21H26BrNO3. The zero-order valence-corrected chi connectivity index (χ0v) is 17.3. The minimum absolute atomic E-state index is 0.0332. The number of nitrogens with one attached hydrogen (secondary N) is 1. The second kappa shape index (κ2) is 9.62. The van der Waals surface area contributed by atoms with E-state index in [1.807, 2.05) is 56.3 Å². The fourth-order valence-corrected chi connectivity index (χ4v) is 2.86. The van der Waals surface area contributed by atoms with Crippen molar-refractivity contribution in [2.45, 2.75) is 39.7 Å². The molecule has 2 aromatic carbocycles. The van der Waals surface area contributed by atoms with Crippen molar-refractivity contribution < 1.29 is 14.3 Å². The molecule has 5 heteroatoms. The van der Waals surface area contributed by atoms with E-state index in [4.69, 9.17) is 9.47 Å². The molecule has 0 aliphatic heterocycles. The summed E-state index contributed by atoms with van der Waals surface area (Å²) in [4.78, 5) is 12.1. The first-order valence-corrected chi connectivity index (χ1v) is 9.55. The van der Waals surface area contributed by atoms with Crippen molar-refractivity contribution in [3.8, 4) is 11.5 Å². The van der Waals surface area contributed by atoms with Crippen LogP contribution < -0.4 is 14.8 Å². The number of hydrogen-bond acceptors (Lipinski definition) is 3. The standard InChI is InChI=1S/C21H26BrNO3/c1-14(2)17-7-10-20(19(22)11-17)26-13-21(24)23-16(4)12-25-18-8-5-15(3)6-9-18/h5-11,14,16H,12-13H2,1-4H3,(H,23,24). The Labute approximate surface area is 164 Å². The third-order valence-corrected chi connectivity index (χ3v) is 4.53. The number of halogens is 1. The van der Waals surface area contributed by atoms with Crippen molar-refractivity contribution in [2.24, 2.45) is 0 Å². The van der Waals surface area contributed by atoms with Gasteiger partial charge in [0, 0.05) is 0 Å². The van der Waals surface area contributed by atoms with Gasteiger partial charge in [-0.15, -0.1) is 0 Å². The molecule has 4 nitrogen and oxygen atoms in total. The minimum Gasteiger partial charge on any atom is -0.491 e. The van der Waals surface area contributed by atoms with Gasteiger partial charge in [-0.25, -0.2) is 0 Å². The van der Waals surface area contributed by atoms with E-state index in [2.05, 4.69) is 35.1 Å². The summed E-state index contributed by atoms with van der Waals surface area (Å²) in [6.45, 7) is 8.57. The average Bonchev–Trinajstić information content (AvgIpc) is 2.60. The van der Waals surface area contributed by atoms with Crippen molar-refractivity contribution in [1.82, 2.24) is 5.32 Å². The number of amides is 1. The van der Waals surface area contributed by atoms with E-state index in [-0.39, 0.29) is 18.6 Å². The number of carbonyl (C=O) groups excluding carboxylic acids is 1. The molecule has 1 amide bonds. The Morgan fingerprint density at radius 2 is 1.77 bits per heavy atom. The molecule has 2 aromatic rings. The van der Waals surface area contributed by atoms with Crippen LogP contribution in [0.3, 0.4) is 0 Å². The Morgan fingerprint density at radius 1 is 1.08 bits per heavy atom. The van der Waals surface area contributed by atoms with E-state index in [1.165, 1.54) is 11.1 Å². The van der Waals surface area contributed by atoms with Crippen LogP contribution in [-0.2, 0) is 4.79 Å². The summed E-state index contributed by atoms with van der Waals surface area (Å²) in [5, 5.41) is 2.88. The first-order chi connectivity index (χ1) is 12.3. The first kappa shape index (κ1) is 20.3. The zero-order valence-electron chi connectivity index (χ0n) is 15.7. The monoisotopic (exact) mass is 419 g/mol. The van der Waals surface area contributed by atoms with Gasteiger partial charge in [0.2, 0.25) is 0 Å². The van der Waals surface area contributed by atoms with Crippen molar-refractivity contribution >= 4 is 21.8 Å². The highest BCUT2D eigenvalue weighted by Crippen LogP contribution is 2.28. The topological polar surface area (TPSA) is 47.6 Å². The molecule has 0 spiro atoms. The van der Waals surface area contributed by atoms with Crippen LogP contribution in [0.4, 0.5) is 0 Å². The van der Waals surface area contributed by atoms with E-state index >= 15 is 0 Å². The number of aryl methyl sites for hydroxylation is 1. The van der Waals surface area contributed by atoms with E-state index in [9.17, 15) is 4.79 Å². The molecule has 0 radical (unpaired) electrons. The maximum absolute atomic E-state index is 12.1. The van der Waals surface area contributed by atoms with Gasteiger partial charge in [0.1, 0.15) is 18.1 Å². The number of carbonyl (C=O) groups is 1. The molecule has 0 aromatic heterocycles. The van der Waals surface area contributed by atoms with E-state index in [0.29, 0.717) is 18.3 Å². The molecule has 0 saturated heterocycles. The molecule has 0 aliphatic rings. The normalized spacial score (nSPS) is 11.9. The molecule has 0 fully saturated rings. The molecule has 0 aliphatic carbocycles. The van der Waals surface area contributed by atoms with Gasteiger partial charge in [-0.05, 0) is 65.5 Å². The highest BCUT2D eigenvalue weighted by Gasteiger charge is 2.11. The molecule has 1 unspecified atom stereocenters. The van der Waals surface area contributed by atoms with Crippen LogP contribution in [-0.4, -0.2) is 25.2 Å². The van der Waals surface area contributed by atoms with Gasteiger partial charge in [-0.3, -0.25) is 4.79 Å². The van der Waals surface area contributed by atoms with Crippen molar-refractivity contribution in [3.05, 3.63) is 58.1 Å². The summed E-state index contributed by atoms with van der Waals surface area (Å²) >= 11 is 3.50. The molecular weight excluding hydrogens is 394 g/mol.